The van der Waals surface area contributed by atoms with Gasteiger partial charge in [0.2, 0.25) is 0 Å². The van der Waals surface area contributed by atoms with Crippen molar-refractivity contribution < 1.29 is 0 Å². The van der Waals surface area contributed by atoms with E-state index in [-0.39, 0.29) is 0 Å². The zero-order chi connectivity index (χ0) is 12.1. The number of anilines is 1. The zero-order valence-corrected chi connectivity index (χ0v) is 10.8. The Bertz CT molecular complexity index is 479. The first-order valence-electron chi connectivity index (χ1n) is 5.71. The molecule has 0 aliphatic carbocycles. The molecule has 4 heteroatoms. The predicted molar refractivity (Wildman–Crippen MR) is 73.1 cm³/mol. The van der Waals surface area contributed by atoms with Crippen LogP contribution in [-0.2, 0) is 13.0 Å². The average Bonchev–Trinajstić information content (AvgIpc) is 2.73. The fraction of sp³-hybridized carbons (Fsp3) is 0.308. The van der Waals surface area contributed by atoms with Crippen molar-refractivity contribution in [1.82, 2.24) is 10.3 Å². The van der Waals surface area contributed by atoms with Gasteiger partial charge in [-0.05, 0) is 18.6 Å². The molecule has 0 unspecified atom stereocenters. The van der Waals surface area contributed by atoms with Gasteiger partial charge < -0.3 is 11.1 Å². The normalized spacial score (nSPS) is 10.6. The van der Waals surface area contributed by atoms with Crippen LogP contribution < -0.4 is 11.1 Å². The third-order valence-corrected chi connectivity index (χ3v) is 3.42. The maximum atomic E-state index is 5.87. The smallest absolute Gasteiger partial charge is 0.0897 e. The number of hydrogen-bond donors (Lipinski definition) is 2. The van der Waals surface area contributed by atoms with Crippen molar-refractivity contribution in [1.29, 1.82) is 0 Å². The van der Waals surface area contributed by atoms with E-state index in [1.807, 2.05) is 25.1 Å². The van der Waals surface area contributed by atoms with Crippen LogP contribution in [0, 0.1) is 6.92 Å². The second kappa shape index (κ2) is 5.80. The minimum Gasteiger partial charge on any atom is -0.398 e. The van der Waals surface area contributed by atoms with Crippen molar-refractivity contribution >= 4 is 17.0 Å². The van der Waals surface area contributed by atoms with Crippen LogP contribution in [0.3, 0.4) is 0 Å². The lowest BCUT2D eigenvalue weighted by Gasteiger charge is -2.06. The number of nitrogens with zero attached hydrogens (tertiary/aromatic N) is 1. The Kier molecular flexibility index (Phi) is 4.12. The maximum Gasteiger partial charge on any atom is 0.0897 e. The second-order valence-electron chi connectivity index (χ2n) is 3.98. The Morgan fingerprint density at radius 3 is 2.88 bits per heavy atom. The number of hydrogen-bond acceptors (Lipinski definition) is 4. The van der Waals surface area contributed by atoms with Gasteiger partial charge in [0, 0.05) is 30.6 Å². The van der Waals surface area contributed by atoms with Crippen LogP contribution in [0.25, 0.3) is 0 Å². The molecule has 3 N–H and O–H groups in total. The van der Waals surface area contributed by atoms with Crippen LogP contribution >= 0.6 is 11.3 Å². The lowest BCUT2D eigenvalue weighted by atomic mass is 10.2. The van der Waals surface area contributed by atoms with Gasteiger partial charge in [-0.15, -0.1) is 11.3 Å². The molecule has 0 saturated carbocycles. The molecule has 2 aromatic rings. The molecule has 17 heavy (non-hydrogen) atoms. The molecule has 90 valence electrons. The van der Waals surface area contributed by atoms with Crippen molar-refractivity contribution in [3.8, 4) is 0 Å². The van der Waals surface area contributed by atoms with Gasteiger partial charge in [0.05, 0.1) is 10.7 Å². The molecule has 1 aromatic carbocycles. The molecule has 1 aromatic heterocycles. The summed E-state index contributed by atoms with van der Waals surface area (Å²) in [5, 5.41) is 6.64. The van der Waals surface area contributed by atoms with Crippen LogP contribution in [0.4, 0.5) is 5.69 Å². The number of nitrogen functional groups attached to an aromatic ring is 1. The molecule has 0 fully saturated rings. The molecule has 3 nitrogen and oxygen atoms in total. The van der Waals surface area contributed by atoms with E-state index in [1.54, 1.807) is 11.3 Å². The molecule has 0 spiro atoms. The predicted octanol–water partition coefficient (Wildman–Crippen LogP) is 2.37. The number of nitrogens with one attached hydrogen (secondary N) is 1. The Balaban J connectivity index is 1.75. The summed E-state index contributed by atoms with van der Waals surface area (Å²) in [6.45, 7) is 3.78. The number of para-hydroxylation sites is 1. The molecule has 0 aliphatic heterocycles. The molecular formula is C13H17N3S. The van der Waals surface area contributed by atoms with Crippen molar-refractivity contribution in [3.05, 3.63) is 45.9 Å². The quantitative estimate of drug-likeness (QED) is 0.630. The summed E-state index contributed by atoms with van der Waals surface area (Å²) < 4.78 is 0. The zero-order valence-electron chi connectivity index (χ0n) is 9.94. The largest absolute Gasteiger partial charge is 0.398 e. The van der Waals surface area contributed by atoms with Gasteiger partial charge in [-0.2, -0.15) is 0 Å². The van der Waals surface area contributed by atoms with Crippen LogP contribution in [0.1, 0.15) is 16.3 Å². The molecule has 0 bridgehead atoms. The van der Waals surface area contributed by atoms with Gasteiger partial charge in [0.25, 0.3) is 0 Å². The van der Waals surface area contributed by atoms with Crippen molar-refractivity contribution in [2.45, 2.75) is 19.9 Å². The minimum absolute atomic E-state index is 0.815. The Labute approximate surface area is 106 Å². The van der Waals surface area contributed by atoms with Gasteiger partial charge in [0.15, 0.2) is 0 Å². The molecule has 0 radical (unpaired) electrons. The van der Waals surface area contributed by atoms with Gasteiger partial charge >= 0.3 is 0 Å². The highest BCUT2D eigenvalue weighted by Crippen LogP contribution is 2.10. The van der Waals surface area contributed by atoms with Gasteiger partial charge in [-0.1, -0.05) is 18.2 Å². The van der Waals surface area contributed by atoms with Crippen LogP contribution in [0.2, 0.25) is 0 Å². The van der Waals surface area contributed by atoms with E-state index < -0.39 is 0 Å². The average molecular weight is 247 g/mol. The van der Waals surface area contributed by atoms with E-state index in [4.69, 9.17) is 5.73 Å². The van der Waals surface area contributed by atoms with E-state index in [9.17, 15) is 0 Å². The van der Waals surface area contributed by atoms with Crippen molar-refractivity contribution in [2.24, 2.45) is 0 Å². The van der Waals surface area contributed by atoms with E-state index >= 15 is 0 Å². The highest BCUT2D eigenvalue weighted by atomic mass is 32.1. The molecule has 1 heterocycles. The second-order valence-corrected chi connectivity index (χ2v) is 5.05. The Morgan fingerprint density at radius 2 is 2.18 bits per heavy atom. The van der Waals surface area contributed by atoms with E-state index in [0.29, 0.717) is 0 Å². The van der Waals surface area contributed by atoms with Crippen LogP contribution in [-0.4, -0.2) is 11.5 Å². The topological polar surface area (TPSA) is 50.9 Å². The number of rotatable bonds is 5. The SMILES string of the molecule is Cc1nc(CCNCc2ccccc2N)cs1. The highest BCUT2D eigenvalue weighted by molar-refractivity contribution is 7.09. The van der Waals surface area contributed by atoms with E-state index in [0.717, 1.165) is 35.8 Å². The Morgan fingerprint density at radius 1 is 1.35 bits per heavy atom. The summed E-state index contributed by atoms with van der Waals surface area (Å²) in [6, 6.07) is 7.95. The summed E-state index contributed by atoms with van der Waals surface area (Å²) in [6.07, 6.45) is 0.969. The highest BCUT2D eigenvalue weighted by Gasteiger charge is 1.99. The van der Waals surface area contributed by atoms with E-state index in [1.165, 1.54) is 5.69 Å². The molecule has 0 amide bonds. The third kappa shape index (κ3) is 3.54. The standard InChI is InChI=1S/C13H17N3S/c1-10-16-12(9-17-10)6-7-15-8-11-4-2-3-5-13(11)14/h2-5,9,15H,6-8,14H2,1H3. The number of thiazole rings is 1. The monoisotopic (exact) mass is 247 g/mol. The summed E-state index contributed by atoms with van der Waals surface area (Å²) in [5.41, 5.74) is 9.04. The van der Waals surface area contributed by atoms with Gasteiger partial charge in [-0.25, -0.2) is 4.98 Å². The summed E-state index contributed by atoms with van der Waals surface area (Å²) >= 11 is 1.70. The van der Waals surface area contributed by atoms with Gasteiger partial charge in [0.1, 0.15) is 0 Å². The van der Waals surface area contributed by atoms with Gasteiger partial charge in [-0.3, -0.25) is 0 Å². The van der Waals surface area contributed by atoms with Crippen molar-refractivity contribution in [2.75, 3.05) is 12.3 Å². The fourth-order valence-corrected chi connectivity index (χ4v) is 2.30. The summed E-state index contributed by atoms with van der Waals surface area (Å²) in [5.74, 6) is 0. The minimum atomic E-state index is 0.815. The maximum absolute atomic E-state index is 5.87. The number of aryl methyl sites for hydroxylation is 1. The lowest BCUT2D eigenvalue weighted by Crippen LogP contribution is -2.17. The van der Waals surface area contributed by atoms with Crippen LogP contribution in [0.5, 0.6) is 0 Å². The number of benzene rings is 1. The lowest BCUT2D eigenvalue weighted by molar-refractivity contribution is 0.682. The Hall–Kier alpha value is -1.39. The molecule has 2 rings (SSSR count). The summed E-state index contributed by atoms with van der Waals surface area (Å²) in [4.78, 5) is 4.43. The number of aromatic nitrogens is 1. The number of nitrogens with two attached hydrogens (primary N) is 1. The first-order valence-corrected chi connectivity index (χ1v) is 6.59. The first kappa shape index (κ1) is 12.1. The fourth-order valence-electron chi connectivity index (χ4n) is 1.66. The molecule has 0 atom stereocenters. The molecule has 0 aliphatic rings. The van der Waals surface area contributed by atoms with Crippen molar-refractivity contribution in [3.63, 3.8) is 0 Å². The van der Waals surface area contributed by atoms with E-state index in [2.05, 4.69) is 21.7 Å². The first-order chi connectivity index (χ1) is 8.25. The molecule has 0 saturated heterocycles. The molecular weight excluding hydrogens is 230 g/mol. The third-order valence-electron chi connectivity index (χ3n) is 2.60. The summed E-state index contributed by atoms with van der Waals surface area (Å²) in [7, 11) is 0. The van der Waals surface area contributed by atoms with Crippen LogP contribution in [0.15, 0.2) is 29.6 Å².